The standard InChI is InChI=1S/C10H23OP/c1-3-5-7-9-12(11)10-8-6-4-2/h12H,3-10H2,1-2H3. The molecule has 74 valence electrons. The van der Waals surface area contributed by atoms with Crippen LogP contribution in [-0.2, 0) is 4.57 Å². The van der Waals surface area contributed by atoms with Gasteiger partial charge in [-0.3, -0.25) is 0 Å². The molecule has 0 N–H and O–H groups in total. The van der Waals surface area contributed by atoms with E-state index in [1.807, 2.05) is 0 Å². The first-order valence-corrected chi connectivity index (χ1v) is 7.15. The van der Waals surface area contributed by atoms with Crippen molar-refractivity contribution in [1.82, 2.24) is 0 Å². The van der Waals surface area contributed by atoms with E-state index in [9.17, 15) is 4.57 Å². The Labute approximate surface area is 77.7 Å². The monoisotopic (exact) mass is 190 g/mol. The van der Waals surface area contributed by atoms with E-state index in [0.29, 0.717) is 0 Å². The smallest absolute Gasteiger partial charge is 0.0762 e. The Morgan fingerprint density at radius 2 is 1.25 bits per heavy atom. The van der Waals surface area contributed by atoms with Gasteiger partial charge in [-0.1, -0.05) is 39.5 Å². The third kappa shape index (κ3) is 8.33. The molecule has 0 aliphatic rings. The summed E-state index contributed by atoms with van der Waals surface area (Å²) in [5, 5.41) is 0. The highest BCUT2D eigenvalue weighted by atomic mass is 31.1. The minimum absolute atomic E-state index is 1.00. The highest BCUT2D eigenvalue weighted by molar-refractivity contribution is 7.44. The van der Waals surface area contributed by atoms with E-state index in [1.165, 1.54) is 38.5 Å². The number of unbranched alkanes of at least 4 members (excludes halogenated alkanes) is 4. The summed E-state index contributed by atoms with van der Waals surface area (Å²) in [4.78, 5) is 0. The maximum atomic E-state index is 11.4. The second kappa shape index (κ2) is 9.32. The Balaban J connectivity index is 3.10. The first-order chi connectivity index (χ1) is 5.81. The molecule has 0 saturated carbocycles. The lowest BCUT2D eigenvalue weighted by Crippen LogP contribution is -1.84. The fraction of sp³-hybridized carbons (Fsp3) is 1.00. The van der Waals surface area contributed by atoms with Crippen LogP contribution in [0, 0.1) is 0 Å². The lowest BCUT2D eigenvalue weighted by atomic mass is 10.3. The normalized spacial score (nSPS) is 10.9. The Bertz CT molecular complexity index is 100. The molecule has 0 unspecified atom stereocenters. The predicted molar refractivity (Wildman–Crippen MR) is 57.8 cm³/mol. The van der Waals surface area contributed by atoms with E-state index in [0.717, 1.165) is 12.3 Å². The SMILES string of the molecule is CCCCC[PH](=O)CCCCC. The van der Waals surface area contributed by atoms with Gasteiger partial charge >= 0.3 is 0 Å². The molecule has 0 atom stereocenters. The van der Waals surface area contributed by atoms with Gasteiger partial charge < -0.3 is 4.57 Å². The van der Waals surface area contributed by atoms with Crippen molar-refractivity contribution in [2.24, 2.45) is 0 Å². The highest BCUT2D eigenvalue weighted by Gasteiger charge is 1.98. The Kier molecular flexibility index (Phi) is 9.50. The average molecular weight is 190 g/mol. The van der Waals surface area contributed by atoms with Gasteiger partial charge in [-0.15, -0.1) is 0 Å². The lowest BCUT2D eigenvalue weighted by molar-refractivity contribution is 0.582. The molecule has 12 heavy (non-hydrogen) atoms. The summed E-state index contributed by atoms with van der Waals surface area (Å²) in [7, 11) is -1.18. The molecule has 0 aliphatic carbocycles. The van der Waals surface area contributed by atoms with Gasteiger partial charge in [0.1, 0.15) is 0 Å². The van der Waals surface area contributed by atoms with Crippen LogP contribution in [0.5, 0.6) is 0 Å². The van der Waals surface area contributed by atoms with E-state index in [-0.39, 0.29) is 0 Å². The van der Waals surface area contributed by atoms with Gasteiger partial charge in [0.15, 0.2) is 0 Å². The van der Waals surface area contributed by atoms with Gasteiger partial charge in [-0.05, 0) is 25.2 Å². The van der Waals surface area contributed by atoms with Crippen molar-refractivity contribution in [2.45, 2.75) is 52.4 Å². The maximum absolute atomic E-state index is 11.4. The van der Waals surface area contributed by atoms with E-state index in [2.05, 4.69) is 13.8 Å². The quantitative estimate of drug-likeness (QED) is 0.418. The molecule has 0 rings (SSSR count). The summed E-state index contributed by atoms with van der Waals surface area (Å²) < 4.78 is 11.4. The highest BCUT2D eigenvalue weighted by Crippen LogP contribution is 2.24. The second-order valence-electron chi connectivity index (χ2n) is 3.45. The largest absolute Gasteiger partial charge is 0.327 e. The summed E-state index contributed by atoms with van der Waals surface area (Å²) >= 11 is 0. The van der Waals surface area contributed by atoms with Gasteiger partial charge in [0.05, 0.1) is 7.80 Å². The van der Waals surface area contributed by atoms with Crippen molar-refractivity contribution >= 4 is 7.80 Å². The Morgan fingerprint density at radius 1 is 0.833 bits per heavy atom. The third-order valence-corrected chi connectivity index (χ3v) is 3.94. The van der Waals surface area contributed by atoms with Gasteiger partial charge in [-0.25, -0.2) is 0 Å². The van der Waals surface area contributed by atoms with E-state index in [4.69, 9.17) is 0 Å². The van der Waals surface area contributed by atoms with Gasteiger partial charge in [0.25, 0.3) is 0 Å². The van der Waals surface area contributed by atoms with Crippen LogP contribution in [0.15, 0.2) is 0 Å². The Hall–Kier alpha value is 0.230. The summed E-state index contributed by atoms with van der Waals surface area (Å²) in [5.74, 6) is 0. The molecule has 0 aromatic heterocycles. The minimum Gasteiger partial charge on any atom is -0.327 e. The molecule has 0 bridgehead atoms. The van der Waals surface area contributed by atoms with Crippen LogP contribution in [0.3, 0.4) is 0 Å². The fourth-order valence-corrected chi connectivity index (χ4v) is 2.81. The van der Waals surface area contributed by atoms with Crippen LogP contribution in [0.25, 0.3) is 0 Å². The van der Waals surface area contributed by atoms with Crippen molar-refractivity contribution in [3.05, 3.63) is 0 Å². The molecule has 0 fully saturated rings. The number of hydrogen-bond donors (Lipinski definition) is 0. The molecule has 0 spiro atoms. The zero-order chi connectivity index (χ0) is 9.23. The average Bonchev–Trinajstić information content (AvgIpc) is 2.06. The number of hydrogen-bond acceptors (Lipinski definition) is 1. The molecular weight excluding hydrogens is 167 g/mol. The predicted octanol–water partition coefficient (Wildman–Crippen LogP) is 3.93. The molecule has 0 aromatic rings. The van der Waals surface area contributed by atoms with Crippen molar-refractivity contribution in [3.63, 3.8) is 0 Å². The summed E-state index contributed by atoms with van der Waals surface area (Å²) in [5.41, 5.74) is 0. The lowest BCUT2D eigenvalue weighted by Gasteiger charge is -2.00. The number of rotatable bonds is 8. The molecular formula is C10H23OP. The molecule has 0 heterocycles. The first-order valence-electron chi connectivity index (χ1n) is 5.33. The van der Waals surface area contributed by atoms with Crippen molar-refractivity contribution < 1.29 is 4.57 Å². The summed E-state index contributed by atoms with van der Waals surface area (Å²) in [6, 6.07) is 0. The van der Waals surface area contributed by atoms with Crippen molar-refractivity contribution in [3.8, 4) is 0 Å². The van der Waals surface area contributed by atoms with Crippen molar-refractivity contribution in [2.75, 3.05) is 12.3 Å². The van der Waals surface area contributed by atoms with Crippen LogP contribution in [-0.4, -0.2) is 12.3 Å². The molecule has 0 aliphatic heterocycles. The summed E-state index contributed by atoms with van der Waals surface area (Å²) in [6.07, 6.45) is 9.36. The van der Waals surface area contributed by atoms with Crippen LogP contribution < -0.4 is 0 Å². The van der Waals surface area contributed by atoms with E-state index in [1.54, 1.807) is 0 Å². The zero-order valence-corrected chi connectivity index (χ0v) is 9.57. The van der Waals surface area contributed by atoms with E-state index < -0.39 is 7.80 Å². The summed E-state index contributed by atoms with van der Waals surface area (Å²) in [6.45, 7) is 4.38. The van der Waals surface area contributed by atoms with Gasteiger partial charge in [-0.2, -0.15) is 0 Å². The topological polar surface area (TPSA) is 17.1 Å². The fourth-order valence-electron chi connectivity index (χ4n) is 1.27. The van der Waals surface area contributed by atoms with Crippen LogP contribution in [0.2, 0.25) is 0 Å². The zero-order valence-electron chi connectivity index (χ0n) is 8.57. The Morgan fingerprint density at radius 3 is 1.58 bits per heavy atom. The molecule has 0 saturated heterocycles. The molecule has 0 radical (unpaired) electrons. The van der Waals surface area contributed by atoms with Crippen molar-refractivity contribution in [1.29, 1.82) is 0 Å². The van der Waals surface area contributed by atoms with Crippen LogP contribution >= 0.6 is 7.80 Å². The van der Waals surface area contributed by atoms with Crippen LogP contribution in [0.4, 0.5) is 0 Å². The third-order valence-electron chi connectivity index (χ3n) is 2.12. The van der Waals surface area contributed by atoms with Gasteiger partial charge in [0, 0.05) is 0 Å². The first kappa shape index (κ1) is 12.2. The second-order valence-corrected chi connectivity index (χ2v) is 5.53. The maximum Gasteiger partial charge on any atom is 0.0762 e. The van der Waals surface area contributed by atoms with Gasteiger partial charge in [0.2, 0.25) is 0 Å². The molecule has 2 heteroatoms. The molecule has 1 nitrogen and oxygen atoms in total. The van der Waals surface area contributed by atoms with Crippen LogP contribution in [0.1, 0.15) is 52.4 Å². The van der Waals surface area contributed by atoms with E-state index >= 15 is 0 Å². The molecule has 0 aromatic carbocycles. The minimum atomic E-state index is -1.18. The molecule has 0 amide bonds.